The van der Waals surface area contributed by atoms with E-state index in [0.29, 0.717) is 39.3 Å². The number of nitrogens with zero attached hydrogens (tertiary/aromatic N) is 3. The quantitative estimate of drug-likeness (QED) is 0.170. The second-order valence-corrected chi connectivity index (χ2v) is 9.56. The van der Waals surface area contributed by atoms with E-state index in [1.54, 1.807) is 37.3 Å². The van der Waals surface area contributed by atoms with Crippen LogP contribution < -0.4 is 19.8 Å². The van der Waals surface area contributed by atoms with Gasteiger partial charge in [-0.15, -0.1) is 0 Å². The van der Waals surface area contributed by atoms with Gasteiger partial charge in [-0.1, -0.05) is 28.1 Å². The van der Waals surface area contributed by atoms with Gasteiger partial charge in [-0.3, -0.25) is 4.79 Å². The van der Waals surface area contributed by atoms with Crippen molar-refractivity contribution in [1.29, 1.82) is 0 Å². The Balaban J connectivity index is 1.62. The van der Waals surface area contributed by atoms with Gasteiger partial charge in [0, 0.05) is 15.4 Å². The van der Waals surface area contributed by atoms with Crippen LogP contribution in [-0.2, 0) is 9.53 Å². The molecular weight excluding hydrogens is 582 g/mol. The number of rotatable bonds is 8. The van der Waals surface area contributed by atoms with Crippen molar-refractivity contribution in [2.45, 2.75) is 13.0 Å². The van der Waals surface area contributed by atoms with Crippen molar-refractivity contribution in [1.82, 2.24) is 9.66 Å². The summed E-state index contributed by atoms with van der Waals surface area (Å²) in [6, 6.07) is 17.7. The molecule has 2 heterocycles. The van der Waals surface area contributed by atoms with Crippen molar-refractivity contribution in [2.24, 2.45) is 5.10 Å². The predicted molar refractivity (Wildman–Crippen MR) is 154 cm³/mol. The largest absolute Gasteiger partial charge is 0.493 e. The minimum absolute atomic E-state index is 0.221. The molecule has 11 heteroatoms. The lowest BCUT2D eigenvalue weighted by Gasteiger charge is -2.18. The first kappa shape index (κ1) is 26.9. The number of esters is 1. The maximum atomic E-state index is 13.6. The van der Waals surface area contributed by atoms with E-state index in [1.165, 1.54) is 32.2 Å². The van der Waals surface area contributed by atoms with E-state index >= 15 is 0 Å². The number of ether oxygens (including phenoxy) is 4. The molecule has 0 fully saturated rings. The van der Waals surface area contributed by atoms with Gasteiger partial charge < -0.3 is 23.4 Å². The van der Waals surface area contributed by atoms with Gasteiger partial charge in [-0.05, 0) is 55.5 Å². The van der Waals surface area contributed by atoms with Gasteiger partial charge in [0.05, 0.1) is 38.4 Å². The zero-order valence-electron chi connectivity index (χ0n) is 22.0. The summed E-state index contributed by atoms with van der Waals surface area (Å²) in [6.07, 6.45) is 0.570. The van der Waals surface area contributed by atoms with Gasteiger partial charge >= 0.3 is 5.97 Å². The van der Waals surface area contributed by atoms with Crippen LogP contribution in [0.1, 0.15) is 12.5 Å². The highest BCUT2D eigenvalue weighted by atomic mass is 79.9. The lowest BCUT2D eigenvalue weighted by Crippen LogP contribution is -2.25. The fraction of sp³-hybridized carbons (Fsp3) is 0.172. The molecule has 0 N–H and O–H groups in total. The summed E-state index contributed by atoms with van der Waals surface area (Å²) in [4.78, 5) is 30.2. The summed E-state index contributed by atoms with van der Waals surface area (Å²) in [5, 5.41) is 5.74. The lowest BCUT2D eigenvalue weighted by atomic mass is 10.2. The van der Waals surface area contributed by atoms with Gasteiger partial charge in [0.15, 0.2) is 23.4 Å². The maximum absolute atomic E-state index is 13.6. The van der Waals surface area contributed by atoms with Gasteiger partial charge in [-0.25, -0.2) is 9.78 Å². The standard InChI is InChI=1S/C29H24BrN3O7/c1-16(29(35)38-4)39-26-23(36-2)11-17(12-24(26)37-3)15-31-33-27(32-21-8-6-5-7-20(21)28(33)34)25-14-18-13-19(30)9-10-22(18)40-25/h5-16H,1-4H3/t16-/m1/s1. The minimum Gasteiger partial charge on any atom is -0.493 e. The molecule has 5 rings (SSSR count). The molecule has 10 nitrogen and oxygen atoms in total. The second kappa shape index (κ2) is 11.2. The third-order valence-corrected chi connectivity index (χ3v) is 6.58. The van der Waals surface area contributed by atoms with Crippen LogP contribution in [0, 0.1) is 0 Å². The van der Waals surface area contributed by atoms with Crippen molar-refractivity contribution >= 4 is 50.0 Å². The molecule has 1 atom stereocenters. The number of methoxy groups -OCH3 is 3. The summed E-state index contributed by atoms with van der Waals surface area (Å²) in [7, 11) is 4.20. The zero-order chi connectivity index (χ0) is 28.4. The zero-order valence-corrected chi connectivity index (χ0v) is 23.6. The van der Waals surface area contributed by atoms with Crippen LogP contribution in [0.15, 0.2) is 79.4 Å². The highest BCUT2D eigenvalue weighted by Crippen LogP contribution is 2.39. The van der Waals surface area contributed by atoms with Crippen LogP contribution in [0.5, 0.6) is 17.2 Å². The Morgan fingerprint density at radius 1 is 1.05 bits per heavy atom. The SMILES string of the molecule is COC(=O)[C@@H](C)Oc1c(OC)cc(C=Nn2c(-c3cc4cc(Br)ccc4o3)nc3ccccc3c2=O)cc1OC. The van der Waals surface area contributed by atoms with Gasteiger partial charge in [0.25, 0.3) is 5.56 Å². The summed E-state index contributed by atoms with van der Waals surface area (Å²) in [5.41, 5.74) is 1.32. The van der Waals surface area contributed by atoms with Gasteiger partial charge in [0.1, 0.15) is 5.58 Å². The predicted octanol–water partition coefficient (Wildman–Crippen LogP) is 5.41. The van der Waals surface area contributed by atoms with Crippen LogP contribution in [0.2, 0.25) is 0 Å². The number of halogens is 1. The molecule has 2 aromatic heterocycles. The molecule has 0 aliphatic rings. The Bertz CT molecular complexity index is 1800. The Kier molecular flexibility index (Phi) is 7.56. The number of hydrogen-bond donors (Lipinski definition) is 0. The van der Waals surface area contributed by atoms with E-state index in [9.17, 15) is 9.59 Å². The molecule has 0 radical (unpaired) electrons. The Morgan fingerprint density at radius 3 is 2.48 bits per heavy atom. The molecule has 5 aromatic rings. The topological polar surface area (TPSA) is 114 Å². The van der Waals surface area contributed by atoms with E-state index in [4.69, 9.17) is 28.3 Å². The van der Waals surface area contributed by atoms with Crippen LogP contribution in [0.4, 0.5) is 0 Å². The monoisotopic (exact) mass is 605 g/mol. The first-order valence-electron chi connectivity index (χ1n) is 12.1. The highest BCUT2D eigenvalue weighted by molar-refractivity contribution is 9.10. The Labute approximate surface area is 236 Å². The molecule has 0 bridgehead atoms. The number of furan rings is 1. The van der Waals surface area contributed by atoms with Crippen LogP contribution in [0.3, 0.4) is 0 Å². The fourth-order valence-electron chi connectivity index (χ4n) is 4.12. The second-order valence-electron chi connectivity index (χ2n) is 8.64. The molecule has 0 spiro atoms. The van der Waals surface area contributed by atoms with Gasteiger partial charge in [0.2, 0.25) is 11.6 Å². The molecule has 0 unspecified atom stereocenters. The van der Waals surface area contributed by atoms with Crippen molar-refractivity contribution in [3.63, 3.8) is 0 Å². The van der Waals surface area contributed by atoms with E-state index in [-0.39, 0.29) is 17.1 Å². The number of hydrogen-bond acceptors (Lipinski definition) is 9. The fourth-order valence-corrected chi connectivity index (χ4v) is 4.50. The highest BCUT2D eigenvalue weighted by Gasteiger charge is 2.22. The first-order valence-corrected chi connectivity index (χ1v) is 12.9. The molecule has 0 saturated carbocycles. The summed E-state index contributed by atoms with van der Waals surface area (Å²) < 4.78 is 29.6. The van der Waals surface area contributed by atoms with Crippen molar-refractivity contribution in [2.75, 3.05) is 21.3 Å². The lowest BCUT2D eigenvalue weighted by molar-refractivity contribution is -0.148. The van der Waals surface area contributed by atoms with Crippen LogP contribution in [-0.4, -0.2) is 49.3 Å². The van der Waals surface area contributed by atoms with Crippen LogP contribution in [0.25, 0.3) is 33.5 Å². The van der Waals surface area contributed by atoms with Crippen molar-refractivity contribution < 1.29 is 28.2 Å². The minimum atomic E-state index is -0.901. The molecule has 0 saturated heterocycles. The molecule has 0 aliphatic heterocycles. The summed E-state index contributed by atoms with van der Waals surface area (Å²) in [6.45, 7) is 1.55. The van der Waals surface area contributed by atoms with E-state index in [0.717, 1.165) is 9.86 Å². The van der Waals surface area contributed by atoms with E-state index < -0.39 is 12.1 Å². The van der Waals surface area contributed by atoms with Crippen molar-refractivity contribution in [3.05, 3.63) is 81.1 Å². The molecule has 0 aliphatic carbocycles. The Morgan fingerprint density at radius 2 is 1.77 bits per heavy atom. The number of benzene rings is 3. The molecule has 40 heavy (non-hydrogen) atoms. The van der Waals surface area contributed by atoms with E-state index in [2.05, 4.69) is 21.0 Å². The number of para-hydroxylation sites is 1. The Hall–Kier alpha value is -4.64. The first-order chi connectivity index (χ1) is 19.3. The maximum Gasteiger partial charge on any atom is 0.346 e. The average Bonchev–Trinajstić information content (AvgIpc) is 3.39. The normalized spacial score (nSPS) is 12.1. The summed E-state index contributed by atoms with van der Waals surface area (Å²) >= 11 is 3.47. The van der Waals surface area contributed by atoms with Crippen molar-refractivity contribution in [3.8, 4) is 28.8 Å². The van der Waals surface area contributed by atoms with E-state index in [1.807, 2.05) is 30.3 Å². The third-order valence-electron chi connectivity index (χ3n) is 6.09. The number of aromatic nitrogens is 2. The molecule has 204 valence electrons. The number of fused-ring (bicyclic) bond motifs is 2. The molecular formula is C29H24BrN3O7. The molecule has 3 aromatic carbocycles. The average molecular weight is 606 g/mol. The third kappa shape index (κ3) is 5.15. The summed E-state index contributed by atoms with van der Waals surface area (Å²) in [5.74, 6) is 0.872. The van der Waals surface area contributed by atoms with Gasteiger partial charge in [-0.2, -0.15) is 9.78 Å². The van der Waals surface area contributed by atoms with Crippen LogP contribution >= 0.6 is 15.9 Å². The molecule has 0 amide bonds. The smallest absolute Gasteiger partial charge is 0.346 e. The number of carbonyl (C=O) groups excluding carboxylic acids is 1. The number of carbonyl (C=O) groups is 1.